The van der Waals surface area contributed by atoms with Gasteiger partial charge in [-0.3, -0.25) is 4.79 Å². The third kappa shape index (κ3) is 5.30. The van der Waals surface area contributed by atoms with Gasteiger partial charge in [0, 0.05) is 28.0 Å². The smallest absolute Gasteiger partial charge is 0.323 e. The molecule has 0 saturated heterocycles. The molecule has 3 amide bonds. The monoisotopic (exact) mass is 331 g/mol. The maximum Gasteiger partial charge on any atom is 0.323 e. The van der Waals surface area contributed by atoms with Crippen molar-refractivity contribution in [3.05, 3.63) is 59.1 Å². The average molecular weight is 332 g/mol. The standard InChI is InChI=1S/C17H18ClN3O2/c1-11(2)19-16(22)12-3-7-14(8-4-12)20-17(23)21-15-9-5-13(18)6-10-15/h3-11H,1-2H3,(H,19,22)(H2,20,21,23). The summed E-state index contributed by atoms with van der Waals surface area (Å²) in [4.78, 5) is 23.7. The van der Waals surface area contributed by atoms with E-state index in [2.05, 4.69) is 16.0 Å². The number of hydrogen-bond acceptors (Lipinski definition) is 2. The topological polar surface area (TPSA) is 70.2 Å². The van der Waals surface area contributed by atoms with Gasteiger partial charge in [-0.25, -0.2) is 4.79 Å². The second-order valence-corrected chi connectivity index (χ2v) is 5.73. The highest BCUT2D eigenvalue weighted by Crippen LogP contribution is 2.14. The van der Waals surface area contributed by atoms with E-state index in [0.29, 0.717) is 22.0 Å². The fraction of sp³-hybridized carbons (Fsp3) is 0.176. The van der Waals surface area contributed by atoms with Crippen molar-refractivity contribution in [2.24, 2.45) is 0 Å². The normalized spacial score (nSPS) is 10.3. The van der Waals surface area contributed by atoms with Gasteiger partial charge in [-0.05, 0) is 62.4 Å². The zero-order valence-electron chi connectivity index (χ0n) is 12.9. The minimum atomic E-state index is -0.369. The van der Waals surface area contributed by atoms with Gasteiger partial charge in [0.15, 0.2) is 0 Å². The van der Waals surface area contributed by atoms with Gasteiger partial charge in [-0.2, -0.15) is 0 Å². The van der Waals surface area contributed by atoms with Crippen molar-refractivity contribution < 1.29 is 9.59 Å². The lowest BCUT2D eigenvalue weighted by atomic mass is 10.2. The first-order chi connectivity index (χ1) is 10.9. The van der Waals surface area contributed by atoms with Crippen molar-refractivity contribution in [1.29, 1.82) is 0 Å². The second kappa shape index (κ2) is 7.65. The molecule has 0 aliphatic heterocycles. The van der Waals surface area contributed by atoms with Gasteiger partial charge < -0.3 is 16.0 Å². The van der Waals surface area contributed by atoms with Crippen molar-refractivity contribution in [3.8, 4) is 0 Å². The number of urea groups is 1. The Balaban J connectivity index is 1.93. The zero-order valence-corrected chi connectivity index (χ0v) is 13.6. The molecule has 0 atom stereocenters. The molecule has 0 unspecified atom stereocenters. The van der Waals surface area contributed by atoms with E-state index in [1.165, 1.54) is 0 Å². The molecule has 2 aromatic carbocycles. The largest absolute Gasteiger partial charge is 0.350 e. The number of hydrogen-bond donors (Lipinski definition) is 3. The van der Waals surface area contributed by atoms with Crippen LogP contribution in [0, 0.1) is 0 Å². The molecule has 23 heavy (non-hydrogen) atoms. The summed E-state index contributed by atoms with van der Waals surface area (Å²) < 4.78 is 0. The average Bonchev–Trinajstić information content (AvgIpc) is 2.49. The van der Waals surface area contributed by atoms with Crippen LogP contribution in [0.2, 0.25) is 5.02 Å². The molecule has 0 saturated carbocycles. The Morgan fingerprint density at radius 3 is 1.83 bits per heavy atom. The number of amides is 3. The molecule has 120 valence electrons. The summed E-state index contributed by atoms with van der Waals surface area (Å²) in [5.41, 5.74) is 1.78. The zero-order chi connectivity index (χ0) is 16.8. The molecular weight excluding hydrogens is 314 g/mol. The molecule has 0 fully saturated rings. The summed E-state index contributed by atoms with van der Waals surface area (Å²) >= 11 is 5.79. The summed E-state index contributed by atoms with van der Waals surface area (Å²) in [5.74, 6) is -0.142. The van der Waals surface area contributed by atoms with Crippen LogP contribution in [0.5, 0.6) is 0 Å². The molecule has 5 nitrogen and oxygen atoms in total. The lowest BCUT2D eigenvalue weighted by molar-refractivity contribution is 0.0943. The number of nitrogens with one attached hydrogen (secondary N) is 3. The van der Waals surface area contributed by atoms with Crippen molar-refractivity contribution in [2.45, 2.75) is 19.9 Å². The van der Waals surface area contributed by atoms with E-state index < -0.39 is 0 Å². The fourth-order valence-electron chi connectivity index (χ4n) is 1.88. The lowest BCUT2D eigenvalue weighted by Crippen LogP contribution is -2.30. The fourth-order valence-corrected chi connectivity index (χ4v) is 2.00. The highest BCUT2D eigenvalue weighted by molar-refractivity contribution is 6.30. The molecule has 0 bridgehead atoms. The van der Waals surface area contributed by atoms with Gasteiger partial charge in [0.2, 0.25) is 0 Å². The Morgan fingerprint density at radius 1 is 0.870 bits per heavy atom. The minimum absolute atomic E-state index is 0.0745. The molecule has 6 heteroatoms. The number of carbonyl (C=O) groups excluding carboxylic acids is 2. The van der Waals surface area contributed by atoms with Crippen LogP contribution in [0.3, 0.4) is 0 Å². The van der Waals surface area contributed by atoms with Crippen LogP contribution in [0.15, 0.2) is 48.5 Å². The minimum Gasteiger partial charge on any atom is -0.350 e. The predicted molar refractivity (Wildman–Crippen MR) is 93.1 cm³/mol. The number of rotatable bonds is 4. The number of anilines is 2. The number of benzene rings is 2. The highest BCUT2D eigenvalue weighted by Gasteiger charge is 2.07. The van der Waals surface area contributed by atoms with Gasteiger partial charge in [0.25, 0.3) is 5.91 Å². The summed E-state index contributed by atoms with van der Waals surface area (Å²) in [6, 6.07) is 13.2. The van der Waals surface area contributed by atoms with E-state index in [9.17, 15) is 9.59 Å². The summed E-state index contributed by atoms with van der Waals surface area (Å²) in [7, 11) is 0. The first-order valence-electron chi connectivity index (χ1n) is 7.18. The van der Waals surface area contributed by atoms with E-state index in [-0.39, 0.29) is 18.0 Å². The first-order valence-corrected chi connectivity index (χ1v) is 7.56. The molecule has 0 spiro atoms. The summed E-state index contributed by atoms with van der Waals surface area (Å²) in [6.45, 7) is 3.80. The quantitative estimate of drug-likeness (QED) is 0.788. The third-order valence-electron chi connectivity index (χ3n) is 2.93. The molecule has 2 rings (SSSR count). The Labute approximate surface area is 140 Å². The van der Waals surface area contributed by atoms with Crippen molar-refractivity contribution >= 4 is 34.9 Å². The molecule has 3 N–H and O–H groups in total. The van der Waals surface area contributed by atoms with Gasteiger partial charge in [0.1, 0.15) is 0 Å². The van der Waals surface area contributed by atoms with Crippen molar-refractivity contribution in [2.75, 3.05) is 10.6 Å². The van der Waals surface area contributed by atoms with Gasteiger partial charge in [-0.1, -0.05) is 11.6 Å². The molecule has 0 radical (unpaired) electrons. The maximum atomic E-state index is 11.9. The van der Waals surface area contributed by atoms with Crippen LogP contribution in [0.25, 0.3) is 0 Å². The van der Waals surface area contributed by atoms with Crippen molar-refractivity contribution in [3.63, 3.8) is 0 Å². The number of halogens is 1. The summed E-state index contributed by atoms with van der Waals surface area (Å²) in [5, 5.41) is 8.80. The SMILES string of the molecule is CC(C)NC(=O)c1ccc(NC(=O)Nc2ccc(Cl)cc2)cc1. The van der Waals surface area contributed by atoms with E-state index in [1.54, 1.807) is 48.5 Å². The van der Waals surface area contributed by atoms with Crippen LogP contribution < -0.4 is 16.0 Å². The van der Waals surface area contributed by atoms with Crippen LogP contribution in [0.1, 0.15) is 24.2 Å². The molecule has 0 aliphatic carbocycles. The third-order valence-corrected chi connectivity index (χ3v) is 3.18. The molecule has 2 aromatic rings. The van der Waals surface area contributed by atoms with Gasteiger partial charge >= 0.3 is 6.03 Å². The van der Waals surface area contributed by atoms with Crippen LogP contribution in [0.4, 0.5) is 16.2 Å². The molecule has 0 aliphatic rings. The van der Waals surface area contributed by atoms with E-state index >= 15 is 0 Å². The Morgan fingerprint density at radius 2 is 1.35 bits per heavy atom. The van der Waals surface area contributed by atoms with E-state index in [0.717, 1.165) is 0 Å². The van der Waals surface area contributed by atoms with Gasteiger partial charge in [-0.15, -0.1) is 0 Å². The maximum absolute atomic E-state index is 11.9. The predicted octanol–water partition coefficient (Wildman–Crippen LogP) is 4.12. The Hall–Kier alpha value is -2.53. The Bertz CT molecular complexity index is 682. The Kier molecular flexibility index (Phi) is 5.60. The lowest BCUT2D eigenvalue weighted by Gasteiger charge is -2.10. The summed E-state index contributed by atoms with van der Waals surface area (Å²) in [6.07, 6.45) is 0. The molecule has 0 aromatic heterocycles. The van der Waals surface area contributed by atoms with Crippen LogP contribution >= 0.6 is 11.6 Å². The van der Waals surface area contributed by atoms with E-state index in [4.69, 9.17) is 11.6 Å². The number of carbonyl (C=O) groups is 2. The van der Waals surface area contributed by atoms with Crippen LogP contribution in [-0.4, -0.2) is 18.0 Å². The highest BCUT2D eigenvalue weighted by atomic mass is 35.5. The molecular formula is C17H18ClN3O2. The van der Waals surface area contributed by atoms with Crippen molar-refractivity contribution in [1.82, 2.24) is 5.32 Å². The first kappa shape index (κ1) is 16.8. The molecule has 0 heterocycles. The van der Waals surface area contributed by atoms with E-state index in [1.807, 2.05) is 13.8 Å². The second-order valence-electron chi connectivity index (χ2n) is 5.29. The van der Waals surface area contributed by atoms with Gasteiger partial charge in [0.05, 0.1) is 0 Å². The van der Waals surface area contributed by atoms with Crippen LogP contribution in [-0.2, 0) is 0 Å².